The molecular formula is C8H10N2O2S. The van der Waals surface area contributed by atoms with Crippen molar-refractivity contribution in [3.63, 3.8) is 0 Å². The van der Waals surface area contributed by atoms with Gasteiger partial charge in [0.2, 0.25) is 0 Å². The average molecular weight is 198 g/mol. The van der Waals surface area contributed by atoms with Crippen LogP contribution in [0.2, 0.25) is 0 Å². The summed E-state index contributed by atoms with van der Waals surface area (Å²) in [7, 11) is 0. The van der Waals surface area contributed by atoms with Gasteiger partial charge in [0.1, 0.15) is 5.25 Å². The number of hydrogen-bond donors (Lipinski definition) is 0. The minimum atomic E-state index is -0.141. The van der Waals surface area contributed by atoms with E-state index >= 15 is 0 Å². The molecule has 1 aromatic rings. The van der Waals surface area contributed by atoms with Gasteiger partial charge in [0, 0.05) is 18.9 Å². The number of carbonyl (C=O) groups excluding carboxylic acids is 1. The van der Waals surface area contributed by atoms with Crippen LogP contribution in [0, 0.1) is 0 Å². The molecule has 1 unspecified atom stereocenters. The van der Waals surface area contributed by atoms with Crippen LogP contribution in [0.5, 0.6) is 0 Å². The summed E-state index contributed by atoms with van der Waals surface area (Å²) in [6.07, 6.45) is 3.62. The maximum Gasteiger partial charge on any atom is 0.321 e. The summed E-state index contributed by atoms with van der Waals surface area (Å²) in [4.78, 5) is 15.4. The number of rotatable bonds is 2. The Morgan fingerprint density at radius 2 is 2.77 bits per heavy atom. The standard InChI is InChI=1S/C8H10N2O2S/c1-2-12-7(11)6-5-10-4-3-9-8(10)13-6/h3-4,6H,2,5H2,1H3. The number of imidazole rings is 1. The zero-order valence-electron chi connectivity index (χ0n) is 7.27. The molecule has 0 N–H and O–H groups in total. The summed E-state index contributed by atoms with van der Waals surface area (Å²) in [5, 5.41) is 0.793. The first-order chi connectivity index (χ1) is 6.31. The second-order valence-electron chi connectivity index (χ2n) is 2.72. The van der Waals surface area contributed by atoms with E-state index in [0.717, 1.165) is 5.16 Å². The van der Waals surface area contributed by atoms with Crippen LogP contribution in [0.25, 0.3) is 0 Å². The highest BCUT2D eigenvalue weighted by Crippen LogP contribution is 2.30. The molecule has 1 aliphatic rings. The van der Waals surface area contributed by atoms with Gasteiger partial charge in [-0.3, -0.25) is 4.79 Å². The fourth-order valence-electron chi connectivity index (χ4n) is 1.25. The molecule has 70 valence electrons. The van der Waals surface area contributed by atoms with Crippen molar-refractivity contribution in [1.29, 1.82) is 0 Å². The Bertz CT molecular complexity index is 303. The Morgan fingerprint density at radius 1 is 1.92 bits per heavy atom. The SMILES string of the molecule is CCOC(=O)C1Cn2ccnc2S1. The summed E-state index contributed by atoms with van der Waals surface area (Å²) >= 11 is 1.47. The van der Waals surface area contributed by atoms with Crippen molar-refractivity contribution in [2.75, 3.05) is 6.61 Å². The Hall–Kier alpha value is -0.970. The van der Waals surface area contributed by atoms with E-state index in [1.54, 1.807) is 6.20 Å². The quantitative estimate of drug-likeness (QED) is 0.663. The minimum absolute atomic E-state index is 0.108. The molecule has 5 heteroatoms. The molecule has 1 atom stereocenters. The van der Waals surface area contributed by atoms with E-state index in [9.17, 15) is 4.79 Å². The number of nitrogens with zero attached hydrogens (tertiary/aromatic N) is 2. The van der Waals surface area contributed by atoms with E-state index in [1.165, 1.54) is 11.8 Å². The van der Waals surface area contributed by atoms with Gasteiger partial charge in [-0.2, -0.15) is 0 Å². The Balaban J connectivity index is 2.01. The third-order valence-electron chi connectivity index (χ3n) is 1.84. The van der Waals surface area contributed by atoms with Crippen molar-refractivity contribution < 1.29 is 9.53 Å². The fourth-order valence-corrected chi connectivity index (χ4v) is 2.30. The second-order valence-corrected chi connectivity index (χ2v) is 3.89. The lowest BCUT2D eigenvalue weighted by Gasteiger charge is -2.05. The number of esters is 1. The molecule has 0 saturated carbocycles. The van der Waals surface area contributed by atoms with Gasteiger partial charge in [-0.1, -0.05) is 11.8 Å². The molecule has 4 nitrogen and oxygen atoms in total. The predicted octanol–water partition coefficient (Wildman–Crippen LogP) is 0.920. The van der Waals surface area contributed by atoms with E-state index in [4.69, 9.17) is 4.74 Å². The lowest BCUT2D eigenvalue weighted by molar-refractivity contribution is -0.142. The third kappa shape index (κ3) is 1.56. The smallest absolute Gasteiger partial charge is 0.321 e. The van der Waals surface area contributed by atoms with Crippen molar-refractivity contribution in [2.45, 2.75) is 23.9 Å². The number of ether oxygens (including phenoxy) is 1. The number of hydrogen-bond acceptors (Lipinski definition) is 4. The predicted molar refractivity (Wildman–Crippen MR) is 48.5 cm³/mol. The highest BCUT2D eigenvalue weighted by Gasteiger charge is 2.29. The molecule has 0 saturated heterocycles. The van der Waals surface area contributed by atoms with Crippen LogP contribution >= 0.6 is 11.8 Å². The Morgan fingerprint density at radius 3 is 3.46 bits per heavy atom. The molecule has 1 aromatic heterocycles. The van der Waals surface area contributed by atoms with E-state index in [1.807, 2.05) is 17.7 Å². The zero-order chi connectivity index (χ0) is 9.26. The maximum absolute atomic E-state index is 11.3. The largest absolute Gasteiger partial charge is 0.465 e. The van der Waals surface area contributed by atoms with Crippen molar-refractivity contribution >= 4 is 17.7 Å². The first-order valence-corrected chi connectivity index (χ1v) is 5.03. The molecule has 0 bridgehead atoms. The van der Waals surface area contributed by atoms with Crippen LogP contribution in [0.3, 0.4) is 0 Å². The topological polar surface area (TPSA) is 44.1 Å². The summed E-state index contributed by atoms with van der Waals surface area (Å²) in [6, 6.07) is 0. The summed E-state index contributed by atoms with van der Waals surface area (Å²) < 4.78 is 6.89. The lowest BCUT2D eigenvalue weighted by Crippen LogP contribution is -2.20. The fraction of sp³-hybridized carbons (Fsp3) is 0.500. The zero-order valence-corrected chi connectivity index (χ0v) is 8.08. The van der Waals surface area contributed by atoms with Gasteiger partial charge in [-0.05, 0) is 6.92 Å². The van der Waals surface area contributed by atoms with Gasteiger partial charge in [0.25, 0.3) is 0 Å². The highest BCUT2D eigenvalue weighted by atomic mass is 32.2. The summed E-state index contributed by atoms with van der Waals surface area (Å²) in [5.41, 5.74) is 0. The van der Waals surface area contributed by atoms with Crippen molar-refractivity contribution in [3.05, 3.63) is 12.4 Å². The molecular weight excluding hydrogens is 188 g/mol. The second kappa shape index (κ2) is 3.41. The number of carbonyl (C=O) groups is 1. The highest BCUT2D eigenvalue weighted by molar-refractivity contribution is 8.00. The maximum atomic E-state index is 11.3. The van der Waals surface area contributed by atoms with Crippen molar-refractivity contribution in [3.8, 4) is 0 Å². The van der Waals surface area contributed by atoms with E-state index in [0.29, 0.717) is 13.2 Å². The molecule has 0 fully saturated rings. The molecule has 0 aromatic carbocycles. The first-order valence-electron chi connectivity index (χ1n) is 4.15. The van der Waals surface area contributed by atoms with E-state index in [-0.39, 0.29) is 11.2 Å². The molecule has 0 radical (unpaired) electrons. The molecule has 1 aliphatic heterocycles. The molecule has 2 heterocycles. The van der Waals surface area contributed by atoms with Gasteiger partial charge in [-0.25, -0.2) is 4.98 Å². The third-order valence-corrected chi connectivity index (χ3v) is 3.01. The molecule has 0 spiro atoms. The number of aromatic nitrogens is 2. The normalized spacial score (nSPS) is 19.9. The van der Waals surface area contributed by atoms with Gasteiger partial charge < -0.3 is 9.30 Å². The van der Waals surface area contributed by atoms with Gasteiger partial charge in [0.05, 0.1) is 6.61 Å². The monoisotopic (exact) mass is 198 g/mol. The van der Waals surface area contributed by atoms with Crippen LogP contribution in [0.1, 0.15) is 6.92 Å². The van der Waals surface area contributed by atoms with Crippen LogP contribution in [0.4, 0.5) is 0 Å². The van der Waals surface area contributed by atoms with Crippen LogP contribution in [-0.2, 0) is 16.1 Å². The molecule has 2 rings (SSSR count). The molecule has 0 amide bonds. The average Bonchev–Trinajstić information content (AvgIpc) is 2.61. The molecule has 0 aliphatic carbocycles. The van der Waals surface area contributed by atoms with Crippen LogP contribution in [-0.4, -0.2) is 27.4 Å². The molecule has 13 heavy (non-hydrogen) atoms. The number of thioether (sulfide) groups is 1. The summed E-state index contributed by atoms with van der Waals surface area (Å²) in [5.74, 6) is -0.141. The van der Waals surface area contributed by atoms with Crippen LogP contribution < -0.4 is 0 Å². The van der Waals surface area contributed by atoms with E-state index < -0.39 is 0 Å². The summed E-state index contributed by atoms with van der Waals surface area (Å²) in [6.45, 7) is 2.94. The Kier molecular flexibility index (Phi) is 2.26. The minimum Gasteiger partial charge on any atom is -0.465 e. The lowest BCUT2D eigenvalue weighted by atomic mass is 10.4. The Labute approximate surface area is 80.3 Å². The van der Waals surface area contributed by atoms with Gasteiger partial charge in [0.15, 0.2) is 5.16 Å². The number of fused-ring (bicyclic) bond motifs is 1. The van der Waals surface area contributed by atoms with Crippen molar-refractivity contribution in [1.82, 2.24) is 9.55 Å². The van der Waals surface area contributed by atoms with E-state index in [2.05, 4.69) is 4.98 Å². The van der Waals surface area contributed by atoms with Crippen LogP contribution in [0.15, 0.2) is 17.6 Å². The van der Waals surface area contributed by atoms with Gasteiger partial charge >= 0.3 is 5.97 Å². The first kappa shape index (κ1) is 8.62. The van der Waals surface area contributed by atoms with Gasteiger partial charge in [-0.15, -0.1) is 0 Å². The van der Waals surface area contributed by atoms with Crippen molar-refractivity contribution in [2.24, 2.45) is 0 Å².